The van der Waals surface area contributed by atoms with Crippen molar-refractivity contribution in [3.63, 3.8) is 0 Å². The molecule has 0 radical (unpaired) electrons. The van der Waals surface area contributed by atoms with Crippen molar-refractivity contribution in [3.8, 4) is 0 Å². The summed E-state index contributed by atoms with van der Waals surface area (Å²) in [4.78, 5) is 16.6. The summed E-state index contributed by atoms with van der Waals surface area (Å²) < 4.78 is 0. The number of hydrogen-bond acceptors (Lipinski definition) is 5. The van der Waals surface area contributed by atoms with Crippen LogP contribution in [-0.2, 0) is 0 Å². The van der Waals surface area contributed by atoms with Gasteiger partial charge in [-0.15, -0.1) is 0 Å². The highest BCUT2D eigenvalue weighted by Crippen LogP contribution is 2.26. The first-order chi connectivity index (χ1) is 8.69. The molecule has 6 heteroatoms. The zero-order valence-corrected chi connectivity index (χ0v) is 12.9. The van der Waals surface area contributed by atoms with Gasteiger partial charge >= 0.3 is 0 Å². The Morgan fingerprint density at radius 3 is 2.58 bits per heavy atom. The summed E-state index contributed by atoms with van der Waals surface area (Å²) in [7, 11) is 0. The molecule has 0 atom stereocenters. The summed E-state index contributed by atoms with van der Waals surface area (Å²) >= 11 is 1.27. The summed E-state index contributed by atoms with van der Waals surface area (Å²) in [6.45, 7) is 10.6. The summed E-state index contributed by atoms with van der Waals surface area (Å²) in [6.07, 6.45) is 1.95. The highest BCUT2D eigenvalue weighted by Gasteiger charge is 2.18. The predicted molar refractivity (Wildman–Crippen MR) is 81.7 cm³/mol. The molecule has 0 saturated carbocycles. The number of aromatic nitrogens is 1. The van der Waals surface area contributed by atoms with E-state index in [0.717, 1.165) is 5.57 Å². The Morgan fingerprint density at radius 2 is 2.05 bits per heavy atom. The first-order valence-electron chi connectivity index (χ1n) is 6.15. The molecule has 4 N–H and O–H groups in total. The first kappa shape index (κ1) is 15.5. The van der Waals surface area contributed by atoms with E-state index < -0.39 is 0 Å². The maximum atomic E-state index is 11.9. The van der Waals surface area contributed by atoms with Crippen molar-refractivity contribution < 1.29 is 4.79 Å². The van der Waals surface area contributed by atoms with Crippen molar-refractivity contribution in [3.05, 3.63) is 16.5 Å². The zero-order chi connectivity index (χ0) is 14.6. The molecule has 0 fully saturated rings. The van der Waals surface area contributed by atoms with Crippen LogP contribution in [0.2, 0.25) is 0 Å². The van der Waals surface area contributed by atoms with Crippen molar-refractivity contribution >= 4 is 28.2 Å². The van der Waals surface area contributed by atoms with Gasteiger partial charge in [0.25, 0.3) is 5.91 Å². The van der Waals surface area contributed by atoms with Gasteiger partial charge in [-0.2, -0.15) is 0 Å². The van der Waals surface area contributed by atoms with Gasteiger partial charge in [0.15, 0.2) is 5.13 Å². The van der Waals surface area contributed by atoms with Crippen LogP contribution < -0.4 is 16.4 Å². The molecule has 19 heavy (non-hydrogen) atoms. The molecule has 1 amide bonds. The minimum atomic E-state index is -0.186. The highest BCUT2D eigenvalue weighted by atomic mass is 32.1. The Hall–Kier alpha value is -1.56. The number of nitrogen functional groups attached to an aromatic ring is 1. The maximum absolute atomic E-state index is 11.9. The van der Waals surface area contributed by atoms with E-state index in [-0.39, 0.29) is 17.3 Å². The lowest BCUT2D eigenvalue weighted by molar-refractivity contribution is 0.0962. The first-order valence-corrected chi connectivity index (χ1v) is 6.97. The predicted octanol–water partition coefficient (Wildman–Crippen LogP) is 2.63. The minimum absolute atomic E-state index is 0.111. The standard InChI is InChI=1S/C13H22N4OS/c1-8(2)6-7-15-11(18)9-10(14)16-12(19-9)17-13(3,4)5/h6H,7,14H2,1-5H3,(H,15,18)(H,16,17). The molecule has 1 aromatic rings. The number of nitrogens with two attached hydrogens (primary N) is 1. The van der Waals surface area contributed by atoms with E-state index in [9.17, 15) is 4.79 Å². The molecule has 0 aliphatic rings. The Balaban J connectivity index is 2.73. The molecule has 0 aromatic carbocycles. The number of nitrogens with zero attached hydrogens (tertiary/aromatic N) is 1. The molecule has 0 bridgehead atoms. The van der Waals surface area contributed by atoms with Gasteiger partial charge in [0.1, 0.15) is 10.7 Å². The second-order valence-corrected chi connectivity index (χ2v) is 6.60. The van der Waals surface area contributed by atoms with E-state index in [1.54, 1.807) is 0 Å². The number of carbonyl (C=O) groups is 1. The molecule has 0 unspecified atom stereocenters. The van der Waals surface area contributed by atoms with Gasteiger partial charge < -0.3 is 16.4 Å². The minimum Gasteiger partial charge on any atom is -0.382 e. The second-order valence-electron chi connectivity index (χ2n) is 5.60. The third kappa shape index (κ3) is 5.30. The average molecular weight is 282 g/mol. The molecule has 1 aromatic heterocycles. The van der Waals surface area contributed by atoms with E-state index >= 15 is 0 Å². The topological polar surface area (TPSA) is 80.0 Å². The third-order valence-corrected chi connectivity index (χ3v) is 3.10. The van der Waals surface area contributed by atoms with E-state index in [1.165, 1.54) is 11.3 Å². The molecule has 1 rings (SSSR count). The van der Waals surface area contributed by atoms with Gasteiger partial charge in [0.05, 0.1) is 0 Å². The Morgan fingerprint density at radius 1 is 1.42 bits per heavy atom. The SMILES string of the molecule is CC(C)=CCNC(=O)c1sc(NC(C)(C)C)nc1N. The number of hydrogen-bond donors (Lipinski definition) is 3. The van der Waals surface area contributed by atoms with Crippen molar-refractivity contribution in [2.24, 2.45) is 0 Å². The van der Waals surface area contributed by atoms with Crippen LogP contribution in [0, 0.1) is 0 Å². The molecule has 0 spiro atoms. The number of nitrogens with one attached hydrogen (secondary N) is 2. The second kappa shape index (κ2) is 6.06. The molecule has 106 valence electrons. The van der Waals surface area contributed by atoms with Crippen LogP contribution in [0.25, 0.3) is 0 Å². The van der Waals surface area contributed by atoms with Gasteiger partial charge in [-0.25, -0.2) is 4.98 Å². The van der Waals surface area contributed by atoms with Crippen LogP contribution in [0.3, 0.4) is 0 Å². The summed E-state index contributed by atoms with van der Waals surface area (Å²) in [5.41, 5.74) is 6.82. The fourth-order valence-electron chi connectivity index (χ4n) is 1.30. The molecule has 1 heterocycles. The van der Waals surface area contributed by atoms with Gasteiger partial charge in [-0.1, -0.05) is 23.0 Å². The number of thiazole rings is 1. The van der Waals surface area contributed by atoms with E-state index in [1.807, 2.05) is 40.7 Å². The van der Waals surface area contributed by atoms with Crippen LogP contribution in [0.4, 0.5) is 10.9 Å². The van der Waals surface area contributed by atoms with Gasteiger partial charge in [-0.05, 0) is 34.6 Å². The lowest BCUT2D eigenvalue weighted by Crippen LogP contribution is -2.25. The number of anilines is 2. The van der Waals surface area contributed by atoms with Crippen LogP contribution in [0.15, 0.2) is 11.6 Å². The summed E-state index contributed by atoms with van der Waals surface area (Å²) in [5, 5.41) is 6.67. The molecular weight excluding hydrogens is 260 g/mol. The smallest absolute Gasteiger partial charge is 0.265 e. The number of allylic oxidation sites excluding steroid dienone is 1. The Kier molecular flexibility index (Phi) is 4.94. The van der Waals surface area contributed by atoms with Gasteiger partial charge in [-0.3, -0.25) is 4.79 Å². The van der Waals surface area contributed by atoms with Crippen molar-refractivity contribution in [2.75, 3.05) is 17.6 Å². The van der Waals surface area contributed by atoms with Crippen LogP contribution in [-0.4, -0.2) is 23.0 Å². The fraction of sp³-hybridized carbons (Fsp3) is 0.538. The number of amides is 1. The summed E-state index contributed by atoms with van der Waals surface area (Å²) in [6, 6.07) is 0. The molecule has 5 nitrogen and oxygen atoms in total. The number of rotatable bonds is 4. The largest absolute Gasteiger partial charge is 0.382 e. The Bertz CT molecular complexity index is 481. The average Bonchev–Trinajstić information content (AvgIpc) is 2.55. The zero-order valence-electron chi connectivity index (χ0n) is 12.1. The summed E-state index contributed by atoms with van der Waals surface area (Å²) in [5.74, 6) is 0.0842. The van der Waals surface area contributed by atoms with E-state index in [2.05, 4.69) is 15.6 Å². The third-order valence-electron chi connectivity index (χ3n) is 2.11. The van der Waals surface area contributed by atoms with Gasteiger partial charge in [0, 0.05) is 12.1 Å². The van der Waals surface area contributed by atoms with Crippen LogP contribution in [0.5, 0.6) is 0 Å². The van der Waals surface area contributed by atoms with Gasteiger partial charge in [0.2, 0.25) is 0 Å². The molecule has 0 aliphatic carbocycles. The maximum Gasteiger partial charge on any atom is 0.265 e. The molecule has 0 saturated heterocycles. The monoisotopic (exact) mass is 282 g/mol. The van der Waals surface area contributed by atoms with Crippen LogP contribution >= 0.6 is 11.3 Å². The quantitative estimate of drug-likeness (QED) is 0.742. The van der Waals surface area contributed by atoms with E-state index in [4.69, 9.17) is 5.73 Å². The number of carbonyl (C=O) groups excluding carboxylic acids is 1. The lowest BCUT2D eigenvalue weighted by Gasteiger charge is -2.19. The van der Waals surface area contributed by atoms with Crippen LogP contribution in [0.1, 0.15) is 44.3 Å². The van der Waals surface area contributed by atoms with Crippen molar-refractivity contribution in [2.45, 2.75) is 40.2 Å². The Labute approximate surface area is 118 Å². The van der Waals surface area contributed by atoms with Crippen molar-refractivity contribution in [1.82, 2.24) is 10.3 Å². The molecule has 0 aliphatic heterocycles. The lowest BCUT2D eigenvalue weighted by atomic mass is 10.1. The highest BCUT2D eigenvalue weighted by molar-refractivity contribution is 7.18. The molecular formula is C13H22N4OS. The van der Waals surface area contributed by atoms with E-state index in [0.29, 0.717) is 16.6 Å². The normalized spacial score (nSPS) is 11.0. The van der Waals surface area contributed by atoms with Crippen molar-refractivity contribution in [1.29, 1.82) is 0 Å². The fourth-order valence-corrected chi connectivity index (χ4v) is 2.31.